The maximum absolute atomic E-state index is 10.5. The molecule has 2 rings (SSSR count). The molecule has 0 atom stereocenters. The van der Waals surface area contributed by atoms with Crippen molar-refractivity contribution >= 4 is 42.0 Å². The van der Waals surface area contributed by atoms with Gasteiger partial charge in [0.25, 0.3) is 5.69 Å². The fourth-order valence-corrected chi connectivity index (χ4v) is 1.45. The molecule has 0 aliphatic heterocycles. The first-order valence-corrected chi connectivity index (χ1v) is 4.81. The van der Waals surface area contributed by atoms with E-state index < -0.39 is 4.92 Å². The van der Waals surface area contributed by atoms with E-state index in [-0.39, 0.29) is 5.69 Å². The van der Waals surface area contributed by atoms with Gasteiger partial charge in [-0.25, -0.2) is 9.97 Å². The molecule has 7 heteroatoms. The zero-order valence-electron chi connectivity index (χ0n) is 7.28. The molecule has 0 N–H and O–H groups in total. The van der Waals surface area contributed by atoms with E-state index in [1.165, 1.54) is 18.2 Å². The first kappa shape index (κ1) is 10.2. The van der Waals surface area contributed by atoms with E-state index in [9.17, 15) is 10.1 Å². The highest BCUT2D eigenvalue weighted by Gasteiger charge is 2.09. The van der Waals surface area contributed by atoms with E-state index in [1.54, 1.807) is 0 Å². The minimum absolute atomic E-state index is 0.0172. The van der Waals surface area contributed by atoms with Crippen LogP contribution in [0.2, 0.25) is 0 Å². The van der Waals surface area contributed by atoms with Crippen LogP contribution < -0.4 is 0 Å². The van der Waals surface area contributed by atoms with E-state index in [2.05, 4.69) is 35.2 Å². The summed E-state index contributed by atoms with van der Waals surface area (Å²) in [5.74, 6) is 0. The van der Waals surface area contributed by atoms with Gasteiger partial charge in [0.05, 0.1) is 16.0 Å². The summed E-state index contributed by atoms with van der Waals surface area (Å²) in [5, 5.41) is 11.3. The number of nitro benzene ring substituents is 1. The quantitative estimate of drug-likeness (QED) is 0.454. The number of nitro groups is 1. The Labute approximate surface area is 95.5 Å². The topological polar surface area (TPSA) is 68.9 Å². The van der Waals surface area contributed by atoms with Gasteiger partial charge in [-0.15, -0.1) is 25.3 Å². The van der Waals surface area contributed by atoms with Crippen molar-refractivity contribution < 1.29 is 4.92 Å². The Kier molecular flexibility index (Phi) is 2.49. The van der Waals surface area contributed by atoms with Crippen molar-refractivity contribution in [2.24, 2.45) is 0 Å². The summed E-state index contributed by atoms with van der Waals surface area (Å²) < 4.78 is 0. The van der Waals surface area contributed by atoms with E-state index >= 15 is 0 Å². The van der Waals surface area contributed by atoms with Gasteiger partial charge >= 0.3 is 0 Å². The van der Waals surface area contributed by atoms with Crippen LogP contribution in [0.4, 0.5) is 5.69 Å². The van der Waals surface area contributed by atoms with Crippen LogP contribution in [0.25, 0.3) is 11.0 Å². The molecule has 0 unspecified atom stereocenters. The van der Waals surface area contributed by atoms with Gasteiger partial charge in [-0.05, 0) is 6.07 Å². The van der Waals surface area contributed by atoms with Gasteiger partial charge in [0.15, 0.2) is 0 Å². The zero-order valence-corrected chi connectivity index (χ0v) is 9.07. The molecular formula is C8H5N3O2S2. The SMILES string of the molecule is O=[N+]([O-])c1ccc2nc(S)c(S)nc2c1. The normalized spacial score (nSPS) is 10.5. The van der Waals surface area contributed by atoms with Crippen molar-refractivity contribution in [2.75, 3.05) is 0 Å². The standard InChI is InChI=1S/C8H5N3O2S2/c12-11(13)4-1-2-5-6(3-4)10-8(15)7(14)9-5/h1-3H,(H,9,14)(H,10,15). The molecule has 0 saturated carbocycles. The minimum atomic E-state index is -0.478. The Morgan fingerprint density at radius 1 is 1.13 bits per heavy atom. The maximum atomic E-state index is 10.5. The molecule has 76 valence electrons. The van der Waals surface area contributed by atoms with Crippen LogP contribution in [-0.4, -0.2) is 14.9 Å². The summed E-state index contributed by atoms with van der Waals surface area (Å²) in [6.07, 6.45) is 0. The number of hydrogen-bond donors (Lipinski definition) is 2. The monoisotopic (exact) mass is 239 g/mol. The minimum Gasteiger partial charge on any atom is -0.258 e. The van der Waals surface area contributed by atoms with E-state index in [1.807, 2.05) is 0 Å². The molecule has 15 heavy (non-hydrogen) atoms. The Morgan fingerprint density at radius 3 is 2.33 bits per heavy atom. The van der Waals surface area contributed by atoms with Crippen molar-refractivity contribution in [1.82, 2.24) is 9.97 Å². The first-order chi connectivity index (χ1) is 7.08. The summed E-state index contributed by atoms with van der Waals surface area (Å²) in [6, 6.07) is 4.27. The number of aromatic nitrogens is 2. The summed E-state index contributed by atoms with van der Waals surface area (Å²) in [6.45, 7) is 0. The Morgan fingerprint density at radius 2 is 1.73 bits per heavy atom. The molecule has 5 nitrogen and oxygen atoms in total. The second-order valence-electron chi connectivity index (χ2n) is 2.80. The lowest BCUT2D eigenvalue weighted by Gasteiger charge is -2.00. The van der Waals surface area contributed by atoms with Crippen LogP contribution in [0.1, 0.15) is 0 Å². The number of benzene rings is 1. The van der Waals surface area contributed by atoms with Crippen LogP contribution in [0.3, 0.4) is 0 Å². The lowest BCUT2D eigenvalue weighted by Crippen LogP contribution is -1.91. The Balaban J connectivity index is 2.72. The average Bonchev–Trinajstić information content (AvgIpc) is 2.19. The van der Waals surface area contributed by atoms with Gasteiger partial charge < -0.3 is 0 Å². The number of fused-ring (bicyclic) bond motifs is 1. The first-order valence-electron chi connectivity index (χ1n) is 3.92. The van der Waals surface area contributed by atoms with Crippen molar-refractivity contribution in [3.8, 4) is 0 Å². The maximum Gasteiger partial charge on any atom is 0.271 e. The highest BCUT2D eigenvalue weighted by molar-refractivity contribution is 7.83. The Bertz CT molecular complexity index is 559. The number of nitrogens with zero attached hydrogens (tertiary/aromatic N) is 3. The van der Waals surface area contributed by atoms with Crippen molar-refractivity contribution in [3.63, 3.8) is 0 Å². The molecule has 1 aromatic heterocycles. The number of non-ortho nitro benzene ring substituents is 1. The third-order valence-electron chi connectivity index (χ3n) is 1.82. The summed E-state index contributed by atoms with van der Waals surface area (Å²) in [4.78, 5) is 18.2. The third-order valence-corrected chi connectivity index (χ3v) is 2.62. The summed E-state index contributed by atoms with van der Waals surface area (Å²) in [5.41, 5.74) is 0.979. The molecule has 2 aromatic rings. The van der Waals surface area contributed by atoms with Crippen molar-refractivity contribution in [1.29, 1.82) is 0 Å². The largest absolute Gasteiger partial charge is 0.271 e. The third kappa shape index (κ3) is 1.88. The fourth-order valence-electron chi connectivity index (χ4n) is 1.14. The predicted octanol–water partition coefficient (Wildman–Crippen LogP) is 2.12. The van der Waals surface area contributed by atoms with E-state index in [0.29, 0.717) is 21.1 Å². The summed E-state index contributed by atoms with van der Waals surface area (Å²) >= 11 is 8.10. The molecule has 0 radical (unpaired) electrons. The smallest absolute Gasteiger partial charge is 0.258 e. The van der Waals surface area contributed by atoms with Gasteiger partial charge in [-0.3, -0.25) is 10.1 Å². The fraction of sp³-hybridized carbons (Fsp3) is 0. The van der Waals surface area contributed by atoms with Crippen LogP contribution in [-0.2, 0) is 0 Å². The van der Waals surface area contributed by atoms with Gasteiger partial charge in [-0.2, -0.15) is 0 Å². The molecule has 0 aliphatic rings. The van der Waals surface area contributed by atoms with Crippen molar-refractivity contribution in [3.05, 3.63) is 28.3 Å². The van der Waals surface area contributed by atoms with Crippen molar-refractivity contribution in [2.45, 2.75) is 10.1 Å². The lowest BCUT2D eigenvalue weighted by atomic mass is 10.3. The summed E-state index contributed by atoms with van der Waals surface area (Å²) in [7, 11) is 0. The highest BCUT2D eigenvalue weighted by atomic mass is 32.1. The number of hydrogen-bond acceptors (Lipinski definition) is 6. The number of rotatable bonds is 1. The molecular weight excluding hydrogens is 234 g/mol. The average molecular weight is 239 g/mol. The van der Waals surface area contributed by atoms with E-state index in [0.717, 1.165) is 0 Å². The number of thiol groups is 2. The van der Waals surface area contributed by atoms with Gasteiger partial charge in [0, 0.05) is 12.1 Å². The molecule has 0 spiro atoms. The molecule has 1 aromatic carbocycles. The second kappa shape index (κ2) is 3.67. The highest BCUT2D eigenvalue weighted by Crippen LogP contribution is 2.22. The van der Waals surface area contributed by atoms with Gasteiger partial charge in [-0.1, -0.05) is 0 Å². The zero-order chi connectivity index (χ0) is 11.0. The van der Waals surface area contributed by atoms with Crippen LogP contribution in [0.15, 0.2) is 28.3 Å². The molecule has 0 bridgehead atoms. The predicted molar refractivity (Wildman–Crippen MR) is 60.7 cm³/mol. The lowest BCUT2D eigenvalue weighted by molar-refractivity contribution is -0.384. The van der Waals surface area contributed by atoms with Gasteiger partial charge in [0.1, 0.15) is 10.1 Å². The van der Waals surface area contributed by atoms with Crippen LogP contribution in [0.5, 0.6) is 0 Å². The molecule has 0 aliphatic carbocycles. The molecule has 0 amide bonds. The molecule has 0 saturated heterocycles. The van der Waals surface area contributed by atoms with E-state index in [4.69, 9.17) is 0 Å². The van der Waals surface area contributed by atoms with Crippen LogP contribution >= 0.6 is 25.3 Å². The second-order valence-corrected chi connectivity index (χ2v) is 3.65. The molecule has 0 fully saturated rings. The van der Waals surface area contributed by atoms with Gasteiger partial charge in [0.2, 0.25) is 0 Å². The Hall–Kier alpha value is -1.34. The van der Waals surface area contributed by atoms with Crippen LogP contribution in [0, 0.1) is 10.1 Å². The molecule has 1 heterocycles.